The van der Waals surface area contributed by atoms with E-state index in [1.54, 1.807) is 44.2 Å². The summed E-state index contributed by atoms with van der Waals surface area (Å²) in [6.07, 6.45) is -4.63. The fourth-order valence-corrected chi connectivity index (χ4v) is 3.03. The van der Waals surface area contributed by atoms with Crippen LogP contribution in [0.4, 0.5) is 19.0 Å². The van der Waals surface area contributed by atoms with Gasteiger partial charge in [-0.15, -0.1) is 0 Å². The maximum absolute atomic E-state index is 13.3. The Balaban J connectivity index is 1.84. The third kappa shape index (κ3) is 4.89. The van der Waals surface area contributed by atoms with E-state index >= 15 is 0 Å². The fraction of sp³-hybridized carbons (Fsp3) is 0.222. The number of hydrogen-bond acceptors (Lipinski definition) is 6. The van der Waals surface area contributed by atoms with E-state index in [1.807, 2.05) is 0 Å². The molecule has 2 aromatic heterocycles. The first-order valence-corrected chi connectivity index (χ1v) is 9.03. The Morgan fingerprint density at radius 2 is 1.89 bits per heavy atom. The number of anilines is 1. The average Bonchev–Trinajstić information content (AvgIpc) is 3.06. The maximum Gasteiger partial charge on any atom is 0.433 e. The average molecular weight is 408 g/mol. The number of amides is 1. The molecule has 0 fully saturated rings. The smallest absolute Gasteiger partial charge is 0.360 e. The number of carbonyl (C=O) groups is 1. The Bertz CT molecular complexity index is 976. The van der Waals surface area contributed by atoms with E-state index in [2.05, 4.69) is 20.4 Å². The van der Waals surface area contributed by atoms with Crippen LogP contribution in [0.15, 0.2) is 52.1 Å². The summed E-state index contributed by atoms with van der Waals surface area (Å²) in [5.41, 5.74) is -0.416. The van der Waals surface area contributed by atoms with Gasteiger partial charge in [0.05, 0.1) is 10.9 Å². The second-order valence-corrected chi connectivity index (χ2v) is 7.16. The van der Waals surface area contributed by atoms with Crippen LogP contribution in [0, 0.1) is 6.92 Å². The second-order valence-electron chi connectivity index (χ2n) is 5.86. The van der Waals surface area contributed by atoms with Crippen LogP contribution in [0.1, 0.15) is 18.4 Å². The first-order valence-electron chi connectivity index (χ1n) is 8.15. The van der Waals surface area contributed by atoms with Crippen LogP contribution in [-0.2, 0) is 11.0 Å². The molecule has 0 aliphatic carbocycles. The van der Waals surface area contributed by atoms with Gasteiger partial charge >= 0.3 is 6.18 Å². The minimum absolute atomic E-state index is 0.130. The molecule has 0 saturated carbocycles. The molecule has 1 atom stereocenters. The van der Waals surface area contributed by atoms with E-state index in [0.717, 1.165) is 17.8 Å². The van der Waals surface area contributed by atoms with E-state index in [4.69, 9.17) is 4.52 Å². The Hall–Kier alpha value is -2.88. The van der Waals surface area contributed by atoms with E-state index in [-0.39, 0.29) is 16.7 Å². The number of thioether (sulfide) groups is 1. The summed E-state index contributed by atoms with van der Waals surface area (Å²) < 4.78 is 44.6. The molecule has 10 heteroatoms. The SMILES string of the molecule is Cc1cc(NC(=O)[C@@H](C)Sc2nc(-c3ccccc3)cc(C(F)(F)F)n2)no1. The van der Waals surface area contributed by atoms with Gasteiger partial charge in [-0.2, -0.15) is 13.2 Å². The normalized spacial score (nSPS) is 12.6. The molecule has 0 bridgehead atoms. The van der Waals surface area contributed by atoms with Crippen molar-refractivity contribution in [1.82, 2.24) is 15.1 Å². The molecular weight excluding hydrogens is 393 g/mol. The number of aromatic nitrogens is 3. The van der Waals surface area contributed by atoms with Crippen molar-refractivity contribution in [3.8, 4) is 11.3 Å². The summed E-state index contributed by atoms with van der Waals surface area (Å²) in [6.45, 7) is 3.21. The number of alkyl halides is 3. The van der Waals surface area contributed by atoms with Crippen LogP contribution >= 0.6 is 11.8 Å². The lowest BCUT2D eigenvalue weighted by molar-refractivity contribution is -0.141. The molecular formula is C18H15F3N4O2S. The molecule has 0 radical (unpaired) electrons. The quantitative estimate of drug-likeness (QED) is 0.492. The molecule has 0 spiro atoms. The summed E-state index contributed by atoms with van der Waals surface area (Å²) >= 11 is 0.824. The highest BCUT2D eigenvalue weighted by atomic mass is 32.2. The van der Waals surface area contributed by atoms with Crippen LogP contribution in [0.2, 0.25) is 0 Å². The van der Waals surface area contributed by atoms with Gasteiger partial charge < -0.3 is 9.84 Å². The van der Waals surface area contributed by atoms with Crippen molar-refractivity contribution in [2.24, 2.45) is 0 Å². The van der Waals surface area contributed by atoms with Gasteiger partial charge in [-0.05, 0) is 19.9 Å². The lowest BCUT2D eigenvalue weighted by atomic mass is 10.1. The van der Waals surface area contributed by atoms with Crippen LogP contribution in [0.5, 0.6) is 0 Å². The summed E-state index contributed by atoms with van der Waals surface area (Å²) in [4.78, 5) is 20.0. The summed E-state index contributed by atoms with van der Waals surface area (Å²) in [5.74, 6) is 0.287. The van der Waals surface area contributed by atoms with Crippen molar-refractivity contribution < 1.29 is 22.5 Å². The Labute approximate surface area is 162 Å². The van der Waals surface area contributed by atoms with Crippen LogP contribution in [0.3, 0.4) is 0 Å². The summed E-state index contributed by atoms with van der Waals surface area (Å²) in [6, 6.07) is 10.9. The zero-order valence-corrected chi connectivity index (χ0v) is 15.6. The lowest BCUT2D eigenvalue weighted by Gasteiger charge is -2.13. The molecule has 6 nitrogen and oxygen atoms in total. The second kappa shape index (κ2) is 8.01. The van der Waals surface area contributed by atoms with E-state index in [9.17, 15) is 18.0 Å². The van der Waals surface area contributed by atoms with Crippen molar-refractivity contribution >= 4 is 23.5 Å². The van der Waals surface area contributed by atoms with Gasteiger partial charge in [-0.1, -0.05) is 47.3 Å². The summed E-state index contributed by atoms with van der Waals surface area (Å²) in [5, 5.41) is 5.27. The molecule has 0 aliphatic heterocycles. The van der Waals surface area contributed by atoms with E-state index in [0.29, 0.717) is 11.3 Å². The third-order valence-corrected chi connectivity index (χ3v) is 4.56. The molecule has 1 aromatic carbocycles. The van der Waals surface area contributed by atoms with Crippen LogP contribution in [-0.4, -0.2) is 26.3 Å². The molecule has 0 aliphatic rings. The Morgan fingerprint density at radius 3 is 2.50 bits per heavy atom. The highest BCUT2D eigenvalue weighted by Crippen LogP contribution is 2.33. The van der Waals surface area contributed by atoms with Gasteiger partial charge in [0.1, 0.15) is 11.5 Å². The molecule has 0 saturated heterocycles. The number of rotatable bonds is 5. The molecule has 3 aromatic rings. The monoisotopic (exact) mass is 408 g/mol. The first kappa shape index (κ1) is 19.9. The molecule has 28 heavy (non-hydrogen) atoms. The molecule has 146 valence electrons. The molecule has 3 rings (SSSR count). The van der Waals surface area contributed by atoms with Gasteiger partial charge in [0, 0.05) is 11.6 Å². The van der Waals surface area contributed by atoms with Crippen molar-refractivity contribution in [3.63, 3.8) is 0 Å². The van der Waals surface area contributed by atoms with Crippen LogP contribution < -0.4 is 5.32 Å². The highest BCUT2D eigenvalue weighted by molar-refractivity contribution is 8.00. The number of nitrogens with one attached hydrogen (secondary N) is 1. The molecule has 0 unspecified atom stereocenters. The van der Waals surface area contributed by atoms with Gasteiger partial charge in [-0.3, -0.25) is 4.79 Å². The zero-order chi connectivity index (χ0) is 20.3. The molecule has 2 heterocycles. The minimum atomic E-state index is -4.63. The van der Waals surface area contributed by atoms with Crippen molar-refractivity contribution in [2.45, 2.75) is 30.4 Å². The fourth-order valence-electron chi connectivity index (χ4n) is 2.24. The predicted molar refractivity (Wildman–Crippen MR) is 97.7 cm³/mol. The molecule has 1 amide bonds. The molecule has 1 N–H and O–H groups in total. The number of benzene rings is 1. The number of aryl methyl sites for hydroxylation is 1. The van der Waals surface area contributed by atoms with Gasteiger partial charge in [-0.25, -0.2) is 9.97 Å². The van der Waals surface area contributed by atoms with Crippen LogP contribution in [0.25, 0.3) is 11.3 Å². The number of hydrogen-bond donors (Lipinski definition) is 1. The Kier molecular flexibility index (Phi) is 5.68. The third-order valence-electron chi connectivity index (χ3n) is 3.60. The van der Waals surface area contributed by atoms with Gasteiger partial charge in [0.2, 0.25) is 5.91 Å². The van der Waals surface area contributed by atoms with E-state index < -0.39 is 23.0 Å². The van der Waals surface area contributed by atoms with Gasteiger partial charge in [0.15, 0.2) is 11.0 Å². The number of carbonyl (C=O) groups excluding carboxylic acids is 1. The predicted octanol–water partition coefficient (Wildman–Crippen LogP) is 4.58. The zero-order valence-electron chi connectivity index (χ0n) is 14.8. The van der Waals surface area contributed by atoms with Gasteiger partial charge in [0.25, 0.3) is 0 Å². The standard InChI is InChI=1S/C18H15F3N4O2S/c1-10-8-15(25-27-10)24-16(26)11(2)28-17-22-13(12-6-4-3-5-7-12)9-14(23-17)18(19,20)21/h3-9,11H,1-2H3,(H,24,25,26)/t11-/m1/s1. The topological polar surface area (TPSA) is 80.9 Å². The first-order chi connectivity index (χ1) is 13.2. The van der Waals surface area contributed by atoms with Crippen molar-refractivity contribution in [2.75, 3.05) is 5.32 Å². The number of nitrogens with zero attached hydrogens (tertiary/aromatic N) is 3. The van der Waals surface area contributed by atoms with Crippen molar-refractivity contribution in [3.05, 3.63) is 53.9 Å². The largest absolute Gasteiger partial charge is 0.433 e. The maximum atomic E-state index is 13.3. The van der Waals surface area contributed by atoms with E-state index in [1.165, 1.54) is 6.07 Å². The Morgan fingerprint density at radius 1 is 1.18 bits per heavy atom. The number of halogens is 3. The summed E-state index contributed by atoms with van der Waals surface area (Å²) in [7, 11) is 0. The minimum Gasteiger partial charge on any atom is -0.360 e. The highest BCUT2D eigenvalue weighted by Gasteiger charge is 2.34. The lowest BCUT2D eigenvalue weighted by Crippen LogP contribution is -2.23. The van der Waals surface area contributed by atoms with Crippen molar-refractivity contribution in [1.29, 1.82) is 0 Å².